The lowest BCUT2D eigenvalue weighted by Gasteiger charge is -2.04. The Morgan fingerprint density at radius 3 is 2.83 bits per heavy atom. The Bertz CT molecular complexity index is 545. The summed E-state index contributed by atoms with van der Waals surface area (Å²) in [7, 11) is 1.91. The molecule has 2 aromatic rings. The third-order valence-electron chi connectivity index (χ3n) is 2.95. The second-order valence-electron chi connectivity index (χ2n) is 4.21. The van der Waals surface area contributed by atoms with E-state index in [4.69, 9.17) is 0 Å². The maximum Gasteiger partial charge on any atom is 0.226 e. The first-order valence-electron chi connectivity index (χ1n) is 5.70. The third kappa shape index (κ3) is 2.76. The number of nitrogens with one attached hydrogen (secondary N) is 1. The molecule has 0 unspecified atom stereocenters. The molecule has 0 atom stereocenters. The molecule has 0 aromatic carbocycles. The summed E-state index contributed by atoms with van der Waals surface area (Å²) < 4.78 is 1.83. The van der Waals surface area contributed by atoms with E-state index >= 15 is 0 Å². The van der Waals surface area contributed by atoms with Crippen LogP contribution < -0.4 is 5.32 Å². The lowest BCUT2D eigenvalue weighted by Crippen LogP contribution is -2.25. The van der Waals surface area contributed by atoms with E-state index in [1.165, 1.54) is 11.3 Å². The topological polar surface area (TPSA) is 59.8 Å². The summed E-state index contributed by atoms with van der Waals surface area (Å²) in [6.07, 6.45) is 0.335. The van der Waals surface area contributed by atoms with Crippen molar-refractivity contribution < 1.29 is 4.79 Å². The zero-order chi connectivity index (χ0) is 13.1. The van der Waals surface area contributed by atoms with Gasteiger partial charge in [0.25, 0.3) is 0 Å². The molecule has 0 aliphatic rings. The van der Waals surface area contributed by atoms with E-state index in [1.54, 1.807) is 5.51 Å². The van der Waals surface area contributed by atoms with E-state index < -0.39 is 0 Å². The molecule has 18 heavy (non-hydrogen) atoms. The molecular weight excluding hydrogens is 248 g/mol. The number of hydrogen-bond acceptors (Lipinski definition) is 4. The predicted octanol–water partition coefficient (Wildman–Crippen LogP) is 1.35. The average molecular weight is 264 g/mol. The van der Waals surface area contributed by atoms with Crippen LogP contribution >= 0.6 is 11.3 Å². The van der Waals surface area contributed by atoms with Crippen LogP contribution in [-0.4, -0.2) is 20.7 Å². The van der Waals surface area contributed by atoms with Gasteiger partial charge in [-0.3, -0.25) is 9.48 Å². The van der Waals surface area contributed by atoms with Crippen molar-refractivity contribution in [2.75, 3.05) is 0 Å². The number of rotatable bonds is 4. The number of nitrogens with zero attached hydrogens (tertiary/aromatic N) is 3. The lowest BCUT2D eigenvalue weighted by molar-refractivity contribution is -0.120. The Kier molecular flexibility index (Phi) is 3.76. The maximum absolute atomic E-state index is 11.7. The van der Waals surface area contributed by atoms with Gasteiger partial charge in [0, 0.05) is 30.2 Å². The van der Waals surface area contributed by atoms with Gasteiger partial charge in [0.05, 0.1) is 23.3 Å². The van der Waals surface area contributed by atoms with Crippen molar-refractivity contribution in [3.63, 3.8) is 0 Å². The third-order valence-corrected chi connectivity index (χ3v) is 3.58. The van der Waals surface area contributed by atoms with Crippen LogP contribution in [0.2, 0.25) is 0 Å². The second-order valence-corrected chi connectivity index (χ2v) is 4.92. The van der Waals surface area contributed by atoms with Gasteiger partial charge in [-0.15, -0.1) is 11.3 Å². The second kappa shape index (κ2) is 5.30. The molecule has 0 aliphatic heterocycles. The van der Waals surface area contributed by atoms with Crippen LogP contribution in [0.4, 0.5) is 0 Å². The number of aryl methyl sites for hydroxylation is 2. The maximum atomic E-state index is 11.7. The highest BCUT2D eigenvalue weighted by molar-refractivity contribution is 7.07. The quantitative estimate of drug-likeness (QED) is 0.907. The Hall–Kier alpha value is -1.69. The molecule has 1 N–H and O–H groups in total. The van der Waals surface area contributed by atoms with Crippen molar-refractivity contribution in [3.8, 4) is 0 Å². The largest absolute Gasteiger partial charge is 0.352 e. The highest BCUT2D eigenvalue weighted by atomic mass is 32.1. The van der Waals surface area contributed by atoms with E-state index in [-0.39, 0.29) is 5.91 Å². The minimum atomic E-state index is -0.0106. The lowest BCUT2D eigenvalue weighted by atomic mass is 10.2. The molecule has 96 valence electrons. The predicted molar refractivity (Wildman–Crippen MR) is 70.3 cm³/mol. The van der Waals surface area contributed by atoms with Crippen molar-refractivity contribution in [2.24, 2.45) is 7.05 Å². The number of carbonyl (C=O) groups excluding carboxylic acids is 1. The Labute approximate surface area is 110 Å². The summed E-state index contributed by atoms with van der Waals surface area (Å²) in [4.78, 5) is 15.8. The first kappa shape index (κ1) is 12.8. The highest BCUT2D eigenvalue weighted by Crippen LogP contribution is 2.11. The molecule has 0 bridgehead atoms. The van der Waals surface area contributed by atoms with Crippen LogP contribution in [0.1, 0.15) is 22.6 Å². The van der Waals surface area contributed by atoms with Gasteiger partial charge in [0.2, 0.25) is 5.91 Å². The van der Waals surface area contributed by atoms with E-state index in [0.717, 1.165) is 22.6 Å². The van der Waals surface area contributed by atoms with E-state index in [1.807, 2.05) is 31.0 Å². The summed E-state index contributed by atoms with van der Waals surface area (Å²) in [5.74, 6) is -0.0106. The van der Waals surface area contributed by atoms with Crippen LogP contribution in [0.25, 0.3) is 0 Å². The van der Waals surface area contributed by atoms with E-state index in [2.05, 4.69) is 15.4 Å². The summed E-state index contributed by atoms with van der Waals surface area (Å²) in [6, 6.07) is 0. The van der Waals surface area contributed by atoms with Gasteiger partial charge in [-0.05, 0) is 13.8 Å². The standard InChI is InChI=1S/C12H16N4OS/c1-8-11(9(2)16(3)15-8)5-13-12(17)4-10-6-18-7-14-10/h6-7H,4-5H2,1-3H3,(H,13,17). The number of carbonyl (C=O) groups is 1. The Morgan fingerprint density at radius 2 is 2.28 bits per heavy atom. The summed E-state index contributed by atoms with van der Waals surface area (Å²) in [5.41, 5.74) is 5.68. The number of amides is 1. The molecule has 0 aliphatic carbocycles. The van der Waals surface area contributed by atoms with Crippen molar-refractivity contribution >= 4 is 17.2 Å². The van der Waals surface area contributed by atoms with Crippen LogP contribution in [-0.2, 0) is 24.8 Å². The molecule has 2 heterocycles. The SMILES string of the molecule is Cc1nn(C)c(C)c1CNC(=O)Cc1cscn1. The van der Waals surface area contributed by atoms with Crippen LogP contribution in [0.15, 0.2) is 10.9 Å². The smallest absolute Gasteiger partial charge is 0.226 e. The van der Waals surface area contributed by atoms with Crippen molar-refractivity contribution in [1.82, 2.24) is 20.1 Å². The normalized spacial score (nSPS) is 10.6. The summed E-state index contributed by atoms with van der Waals surface area (Å²) in [6.45, 7) is 4.48. The number of hydrogen-bond donors (Lipinski definition) is 1. The van der Waals surface area contributed by atoms with Crippen LogP contribution in [0.5, 0.6) is 0 Å². The monoisotopic (exact) mass is 264 g/mol. The van der Waals surface area contributed by atoms with Gasteiger partial charge < -0.3 is 5.32 Å². The minimum Gasteiger partial charge on any atom is -0.352 e. The average Bonchev–Trinajstić information content (AvgIpc) is 2.88. The minimum absolute atomic E-state index is 0.0106. The molecule has 0 radical (unpaired) electrons. The molecule has 1 amide bonds. The van der Waals surface area contributed by atoms with Gasteiger partial charge in [-0.25, -0.2) is 4.98 Å². The number of thiazole rings is 1. The zero-order valence-electron chi connectivity index (χ0n) is 10.7. The van der Waals surface area contributed by atoms with Gasteiger partial charge >= 0.3 is 0 Å². The fraction of sp³-hybridized carbons (Fsp3) is 0.417. The van der Waals surface area contributed by atoms with Gasteiger partial charge in [-0.1, -0.05) is 0 Å². The molecule has 2 rings (SSSR count). The molecule has 0 fully saturated rings. The van der Waals surface area contributed by atoms with Gasteiger partial charge in [0.15, 0.2) is 0 Å². The van der Waals surface area contributed by atoms with Crippen molar-refractivity contribution in [3.05, 3.63) is 33.5 Å². The highest BCUT2D eigenvalue weighted by Gasteiger charge is 2.11. The first-order valence-corrected chi connectivity index (χ1v) is 6.65. The molecule has 6 heteroatoms. The zero-order valence-corrected chi connectivity index (χ0v) is 11.5. The molecular formula is C12H16N4OS. The van der Waals surface area contributed by atoms with Crippen LogP contribution in [0, 0.1) is 13.8 Å². The van der Waals surface area contributed by atoms with E-state index in [0.29, 0.717) is 13.0 Å². The molecule has 0 saturated carbocycles. The van der Waals surface area contributed by atoms with Gasteiger partial charge in [-0.2, -0.15) is 5.10 Å². The molecule has 2 aromatic heterocycles. The van der Waals surface area contributed by atoms with E-state index in [9.17, 15) is 4.79 Å². The Morgan fingerprint density at radius 1 is 1.50 bits per heavy atom. The molecule has 0 saturated heterocycles. The number of aromatic nitrogens is 3. The van der Waals surface area contributed by atoms with Gasteiger partial charge in [0.1, 0.15) is 0 Å². The fourth-order valence-corrected chi connectivity index (χ4v) is 2.37. The summed E-state index contributed by atoms with van der Waals surface area (Å²) in [5, 5.41) is 9.11. The van der Waals surface area contributed by atoms with Crippen LogP contribution in [0.3, 0.4) is 0 Å². The van der Waals surface area contributed by atoms with Crippen molar-refractivity contribution in [1.29, 1.82) is 0 Å². The molecule has 5 nitrogen and oxygen atoms in total. The molecule has 0 spiro atoms. The fourth-order valence-electron chi connectivity index (χ4n) is 1.81. The first-order chi connectivity index (χ1) is 8.58. The summed E-state index contributed by atoms with van der Waals surface area (Å²) >= 11 is 1.50. The Balaban J connectivity index is 1.93. The van der Waals surface area contributed by atoms with Crippen molar-refractivity contribution in [2.45, 2.75) is 26.8 Å².